The SMILES string of the molecule is C=CCCC(=O)N(C)[C@@H](C)[C@@H](OC(=O)[C@@H]1[C@H]2C(=O)N([C@@H](CO)C(C)C)[C@H](C(=O)N(CC=C)C(C)(C)CC(C)(C)C)[C@]23CC[C@H]1O3)c1ccccc1. The first-order valence-corrected chi connectivity index (χ1v) is 18.5. The summed E-state index contributed by atoms with van der Waals surface area (Å²) in [5.41, 5.74) is -1.26. The first-order chi connectivity index (χ1) is 23.9. The molecule has 3 aliphatic rings. The van der Waals surface area contributed by atoms with Crippen molar-refractivity contribution in [3.05, 3.63) is 61.2 Å². The standard InChI is InChI=1S/C41H61N3O7/c1-12-14-20-31(46)42(11)27(5)34(28-18-16-15-17-19-28)50-38(49)32-30-21-22-41(51-30)33(32)36(47)44(29(24-45)26(3)4)35(41)37(48)43(23-13-2)40(9,10)25-39(6,7)8/h12-13,15-19,26-27,29-30,32-35,45H,1-2,14,20-25H2,3-11H3/t27-,29-,30+,32-,33-,34+,35+,41-/m0/s1. The molecule has 3 amide bonds. The van der Waals surface area contributed by atoms with Gasteiger partial charge in [-0.3, -0.25) is 19.2 Å². The van der Waals surface area contributed by atoms with Crippen LogP contribution >= 0.6 is 0 Å². The number of hydrogen-bond acceptors (Lipinski definition) is 7. The first-order valence-electron chi connectivity index (χ1n) is 18.5. The molecule has 10 heteroatoms. The molecule has 0 aliphatic carbocycles. The molecule has 3 aliphatic heterocycles. The van der Waals surface area contributed by atoms with Crippen LogP contribution in [0.15, 0.2) is 55.6 Å². The van der Waals surface area contributed by atoms with Gasteiger partial charge < -0.3 is 29.3 Å². The van der Waals surface area contributed by atoms with E-state index >= 15 is 4.79 Å². The molecule has 1 aromatic carbocycles. The summed E-state index contributed by atoms with van der Waals surface area (Å²) in [6, 6.07) is 7.04. The zero-order chi connectivity index (χ0) is 38.1. The van der Waals surface area contributed by atoms with Crippen molar-refractivity contribution in [3.63, 3.8) is 0 Å². The minimum absolute atomic E-state index is 0.102. The van der Waals surface area contributed by atoms with E-state index in [1.165, 1.54) is 4.90 Å². The molecule has 0 unspecified atom stereocenters. The van der Waals surface area contributed by atoms with Gasteiger partial charge >= 0.3 is 5.97 Å². The highest BCUT2D eigenvalue weighted by atomic mass is 16.6. The highest BCUT2D eigenvalue weighted by molar-refractivity contribution is 5.98. The molecule has 4 rings (SSSR count). The number of fused-ring (bicyclic) bond motifs is 1. The number of rotatable bonds is 16. The third kappa shape index (κ3) is 7.82. The van der Waals surface area contributed by atoms with Crippen LogP contribution in [0.3, 0.4) is 0 Å². The molecule has 3 fully saturated rings. The Bertz CT molecular complexity index is 1450. The number of ether oxygens (including phenoxy) is 2. The number of esters is 1. The van der Waals surface area contributed by atoms with E-state index < -0.39 is 59.3 Å². The molecule has 3 heterocycles. The molecule has 0 aromatic heterocycles. The summed E-state index contributed by atoms with van der Waals surface area (Å²) in [5.74, 6) is -3.47. The lowest BCUT2D eigenvalue weighted by molar-refractivity contribution is -0.165. The van der Waals surface area contributed by atoms with Crippen LogP contribution in [0.2, 0.25) is 0 Å². The lowest BCUT2D eigenvalue weighted by Gasteiger charge is -2.46. The summed E-state index contributed by atoms with van der Waals surface area (Å²) in [4.78, 5) is 62.4. The fourth-order valence-corrected chi connectivity index (χ4v) is 9.04. The summed E-state index contributed by atoms with van der Waals surface area (Å²) in [6.45, 7) is 23.7. The Morgan fingerprint density at radius 3 is 2.29 bits per heavy atom. The van der Waals surface area contributed by atoms with E-state index in [9.17, 15) is 19.5 Å². The molecular weight excluding hydrogens is 646 g/mol. The fraction of sp³-hybridized carbons (Fsp3) is 0.659. The number of likely N-dealkylation sites (N-methyl/N-ethyl adjacent to an activating group) is 1. The molecule has 282 valence electrons. The van der Waals surface area contributed by atoms with Gasteiger partial charge in [0.05, 0.1) is 36.6 Å². The van der Waals surface area contributed by atoms with Crippen molar-refractivity contribution in [3.8, 4) is 0 Å². The molecule has 1 spiro atoms. The lowest BCUT2D eigenvalue weighted by Crippen LogP contribution is -2.63. The van der Waals surface area contributed by atoms with Gasteiger partial charge in [-0.25, -0.2) is 0 Å². The van der Waals surface area contributed by atoms with E-state index in [2.05, 4.69) is 33.9 Å². The number of aliphatic hydroxyl groups is 1. The van der Waals surface area contributed by atoms with Crippen LogP contribution in [0.1, 0.15) is 99.2 Å². The number of allylic oxidation sites excluding steroid dienone is 1. The van der Waals surface area contributed by atoms with Crippen molar-refractivity contribution < 1.29 is 33.8 Å². The third-order valence-corrected chi connectivity index (χ3v) is 11.2. The van der Waals surface area contributed by atoms with Crippen LogP contribution in [0.5, 0.6) is 0 Å². The monoisotopic (exact) mass is 707 g/mol. The quantitative estimate of drug-likeness (QED) is 0.173. The van der Waals surface area contributed by atoms with Gasteiger partial charge in [0.2, 0.25) is 17.7 Å². The fourth-order valence-electron chi connectivity index (χ4n) is 9.04. The number of carbonyl (C=O) groups excluding carboxylic acids is 4. The van der Waals surface area contributed by atoms with Gasteiger partial charge in [0.1, 0.15) is 17.7 Å². The number of likely N-dealkylation sites (tertiary alicyclic amines) is 1. The van der Waals surface area contributed by atoms with E-state index in [1.807, 2.05) is 65.0 Å². The Labute approximate surface area is 305 Å². The summed E-state index contributed by atoms with van der Waals surface area (Å²) < 4.78 is 13.1. The van der Waals surface area contributed by atoms with E-state index in [4.69, 9.17) is 9.47 Å². The first kappa shape index (κ1) is 40.3. The van der Waals surface area contributed by atoms with Gasteiger partial charge in [-0.2, -0.15) is 0 Å². The Kier molecular flexibility index (Phi) is 12.3. The van der Waals surface area contributed by atoms with Gasteiger partial charge in [-0.15, -0.1) is 13.2 Å². The van der Waals surface area contributed by atoms with Gasteiger partial charge in [0.15, 0.2) is 0 Å². The van der Waals surface area contributed by atoms with Crippen molar-refractivity contribution in [1.82, 2.24) is 14.7 Å². The minimum atomic E-state index is -1.27. The third-order valence-electron chi connectivity index (χ3n) is 11.2. The zero-order valence-corrected chi connectivity index (χ0v) is 32.3. The number of benzene rings is 1. The number of nitrogens with zero attached hydrogens (tertiary/aromatic N) is 3. The molecular formula is C41H61N3O7. The molecule has 10 nitrogen and oxygen atoms in total. The minimum Gasteiger partial charge on any atom is -0.455 e. The Morgan fingerprint density at radius 1 is 1.10 bits per heavy atom. The van der Waals surface area contributed by atoms with Crippen molar-refractivity contribution >= 4 is 23.7 Å². The maximum Gasteiger partial charge on any atom is 0.313 e. The summed E-state index contributed by atoms with van der Waals surface area (Å²) >= 11 is 0. The van der Waals surface area contributed by atoms with E-state index in [0.717, 1.165) is 0 Å². The molecule has 0 saturated carbocycles. The Balaban J connectivity index is 1.76. The highest BCUT2D eigenvalue weighted by Gasteiger charge is 2.76. The van der Waals surface area contributed by atoms with Gasteiger partial charge in [0.25, 0.3) is 0 Å². The number of amides is 3. The summed E-state index contributed by atoms with van der Waals surface area (Å²) in [5, 5.41) is 10.7. The van der Waals surface area contributed by atoms with Crippen LogP contribution in [-0.2, 0) is 28.7 Å². The maximum atomic E-state index is 15.1. The Hall–Kier alpha value is -3.50. The average molecular weight is 708 g/mol. The van der Waals surface area contributed by atoms with E-state index in [1.54, 1.807) is 29.0 Å². The lowest BCUT2D eigenvalue weighted by atomic mass is 9.70. The second kappa shape index (κ2) is 15.6. The van der Waals surface area contributed by atoms with Gasteiger partial charge in [-0.1, -0.05) is 77.1 Å². The number of hydrogen-bond donors (Lipinski definition) is 1. The average Bonchev–Trinajstić information content (AvgIpc) is 3.71. The molecule has 51 heavy (non-hydrogen) atoms. The predicted molar refractivity (Wildman–Crippen MR) is 197 cm³/mol. The predicted octanol–water partition coefficient (Wildman–Crippen LogP) is 5.70. The second-order valence-electron chi connectivity index (χ2n) is 16.9. The largest absolute Gasteiger partial charge is 0.455 e. The van der Waals surface area contributed by atoms with E-state index in [0.29, 0.717) is 31.2 Å². The molecule has 1 N–H and O–H groups in total. The maximum absolute atomic E-state index is 15.1. The van der Waals surface area contributed by atoms with Crippen molar-refractivity contribution in [2.24, 2.45) is 23.2 Å². The normalized spacial score (nSPS) is 26.0. The van der Waals surface area contributed by atoms with Crippen LogP contribution in [-0.4, -0.2) is 99.1 Å². The number of aliphatic hydroxyl groups excluding tert-OH is 1. The topological polar surface area (TPSA) is 117 Å². The van der Waals surface area contributed by atoms with Crippen LogP contribution in [0.25, 0.3) is 0 Å². The van der Waals surface area contributed by atoms with Crippen molar-refractivity contribution in [1.29, 1.82) is 0 Å². The van der Waals surface area contributed by atoms with Crippen LogP contribution in [0, 0.1) is 23.2 Å². The van der Waals surface area contributed by atoms with Crippen LogP contribution < -0.4 is 0 Å². The van der Waals surface area contributed by atoms with Crippen molar-refractivity contribution in [2.75, 3.05) is 20.2 Å². The molecule has 8 atom stereocenters. The Morgan fingerprint density at radius 2 is 1.75 bits per heavy atom. The summed E-state index contributed by atoms with van der Waals surface area (Å²) in [6.07, 6.45) is 4.33. The molecule has 1 aromatic rings. The highest BCUT2D eigenvalue weighted by Crippen LogP contribution is 2.60. The smallest absolute Gasteiger partial charge is 0.313 e. The number of carbonyl (C=O) groups is 4. The molecule has 0 radical (unpaired) electrons. The second-order valence-corrected chi connectivity index (χ2v) is 16.9. The van der Waals surface area contributed by atoms with Crippen LogP contribution in [0.4, 0.5) is 0 Å². The molecule has 2 bridgehead atoms. The summed E-state index contributed by atoms with van der Waals surface area (Å²) in [7, 11) is 1.70. The zero-order valence-electron chi connectivity index (χ0n) is 32.3. The van der Waals surface area contributed by atoms with E-state index in [-0.39, 0.29) is 48.6 Å². The molecule has 3 saturated heterocycles. The van der Waals surface area contributed by atoms with Gasteiger partial charge in [0, 0.05) is 25.6 Å². The van der Waals surface area contributed by atoms with Crippen molar-refractivity contribution in [2.45, 2.75) is 129 Å². The van der Waals surface area contributed by atoms with Gasteiger partial charge in [-0.05, 0) is 63.4 Å².